The zero-order valence-electron chi connectivity index (χ0n) is 10.4. The number of phenolic OH excluding ortho intramolecular Hbond substituents is 1. The van der Waals surface area contributed by atoms with E-state index in [9.17, 15) is 18.3 Å². The van der Waals surface area contributed by atoms with Gasteiger partial charge in [0.25, 0.3) is 0 Å². The average Bonchev–Trinajstić information content (AvgIpc) is 2.67. The quantitative estimate of drug-likeness (QED) is 0.816. The Morgan fingerprint density at radius 1 is 1.42 bits per heavy atom. The highest BCUT2D eigenvalue weighted by molar-refractivity contribution is 7.89. The number of esters is 1. The van der Waals surface area contributed by atoms with Crippen molar-refractivity contribution in [2.45, 2.75) is 19.0 Å². The van der Waals surface area contributed by atoms with E-state index in [2.05, 4.69) is 4.74 Å². The van der Waals surface area contributed by atoms with Crippen LogP contribution in [0.3, 0.4) is 0 Å². The zero-order chi connectivity index (χ0) is 14.0. The van der Waals surface area contributed by atoms with Gasteiger partial charge >= 0.3 is 5.97 Å². The SMILES string of the molecule is COC(=O)C1CCS(=O)(=O)N1Cc1ccc(O)cc1. The Morgan fingerprint density at radius 2 is 2.05 bits per heavy atom. The highest BCUT2D eigenvalue weighted by Gasteiger charge is 2.42. The Hall–Kier alpha value is -1.60. The molecule has 0 aliphatic carbocycles. The van der Waals surface area contributed by atoms with Crippen LogP contribution >= 0.6 is 0 Å². The van der Waals surface area contributed by atoms with Gasteiger partial charge in [0.05, 0.1) is 12.9 Å². The summed E-state index contributed by atoms with van der Waals surface area (Å²) in [6.45, 7) is 0.0996. The van der Waals surface area contributed by atoms with Crippen molar-refractivity contribution in [1.29, 1.82) is 0 Å². The first-order valence-electron chi connectivity index (χ1n) is 5.79. The number of hydrogen-bond donors (Lipinski definition) is 1. The minimum absolute atomic E-state index is 0.0507. The number of nitrogens with zero attached hydrogens (tertiary/aromatic N) is 1. The smallest absolute Gasteiger partial charge is 0.324 e. The highest BCUT2D eigenvalue weighted by atomic mass is 32.2. The number of methoxy groups -OCH3 is 1. The molecule has 0 spiro atoms. The molecule has 104 valence electrons. The van der Waals surface area contributed by atoms with Crippen molar-refractivity contribution in [2.24, 2.45) is 0 Å². The third kappa shape index (κ3) is 2.87. The minimum atomic E-state index is -3.43. The first-order chi connectivity index (χ1) is 8.94. The Bertz CT molecular complexity index is 566. The fourth-order valence-electron chi connectivity index (χ4n) is 2.08. The van der Waals surface area contributed by atoms with Crippen LogP contribution in [0.2, 0.25) is 0 Å². The number of sulfonamides is 1. The molecule has 6 nitrogen and oxygen atoms in total. The third-order valence-corrected chi connectivity index (χ3v) is 4.95. The number of rotatable bonds is 3. The fraction of sp³-hybridized carbons (Fsp3) is 0.417. The van der Waals surface area contributed by atoms with Gasteiger partial charge in [0.1, 0.15) is 11.8 Å². The van der Waals surface area contributed by atoms with Crippen LogP contribution in [0, 0.1) is 0 Å². The van der Waals surface area contributed by atoms with Gasteiger partial charge in [-0.1, -0.05) is 12.1 Å². The fourth-order valence-corrected chi connectivity index (χ4v) is 3.76. The standard InChI is InChI=1S/C12H15NO5S/c1-18-12(15)11-6-7-19(16,17)13(11)8-9-2-4-10(14)5-3-9/h2-5,11,14H,6-8H2,1H3. The minimum Gasteiger partial charge on any atom is -0.508 e. The number of carbonyl (C=O) groups is 1. The van der Waals surface area contributed by atoms with Gasteiger partial charge in [-0.15, -0.1) is 0 Å². The summed E-state index contributed by atoms with van der Waals surface area (Å²) in [4.78, 5) is 11.6. The van der Waals surface area contributed by atoms with Crippen LogP contribution in [0.15, 0.2) is 24.3 Å². The molecule has 1 saturated heterocycles. The van der Waals surface area contributed by atoms with Crippen molar-refractivity contribution < 1.29 is 23.1 Å². The molecule has 1 N–H and O–H groups in total. The molecule has 19 heavy (non-hydrogen) atoms. The summed E-state index contributed by atoms with van der Waals surface area (Å²) in [6.07, 6.45) is 0.243. The summed E-state index contributed by atoms with van der Waals surface area (Å²) in [7, 11) is -2.19. The molecule has 0 aromatic heterocycles. The molecule has 1 aromatic rings. The number of phenols is 1. The topological polar surface area (TPSA) is 83.9 Å². The van der Waals surface area contributed by atoms with E-state index < -0.39 is 22.0 Å². The average molecular weight is 285 g/mol. The van der Waals surface area contributed by atoms with Crippen molar-refractivity contribution in [2.75, 3.05) is 12.9 Å². The van der Waals surface area contributed by atoms with E-state index in [4.69, 9.17) is 0 Å². The number of carbonyl (C=O) groups excluding carboxylic acids is 1. The first kappa shape index (κ1) is 13.8. The van der Waals surface area contributed by atoms with Gasteiger partial charge in [-0.05, 0) is 24.1 Å². The molecule has 0 saturated carbocycles. The van der Waals surface area contributed by atoms with Gasteiger partial charge in [0, 0.05) is 6.54 Å². The van der Waals surface area contributed by atoms with Crippen LogP contribution in [0.25, 0.3) is 0 Å². The molecule has 0 bridgehead atoms. The van der Waals surface area contributed by atoms with Gasteiger partial charge in [-0.2, -0.15) is 4.31 Å². The molecule has 0 amide bonds. The summed E-state index contributed by atoms with van der Waals surface area (Å²) in [6, 6.07) is 5.44. The lowest BCUT2D eigenvalue weighted by molar-refractivity contribution is -0.144. The predicted molar refractivity (Wildman–Crippen MR) is 67.9 cm³/mol. The van der Waals surface area contributed by atoms with Crippen molar-refractivity contribution in [3.8, 4) is 5.75 Å². The molecule has 0 radical (unpaired) electrons. The molecule has 2 rings (SSSR count). The van der Waals surface area contributed by atoms with Gasteiger partial charge < -0.3 is 9.84 Å². The molecule has 1 atom stereocenters. The Balaban J connectivity index is 2.23. The summed E-state index contributed by atoms with van der Waals surface area (Å²) in [5.41, 5.74) is 0.706. The van der Waals surface area contributed by atoms with Crippen molar-refractivity contribution >= 4 is 16.0 Å². The maximum absolute atomic E-state index is 11.9. The lowest BCUT2D eigenvalue weighted by atomic mass is 10.2. The van der Waals surface area contributed by atoms with E-state index in [1.807, 2.05) is 0 Å². The number of hydrogen-bond acceptors (Lipinski definition) is 5. The number of aromatic hydroxyl groups is 1. The van der Waals surface area contributed by atoms with Crippen LogP contribution in [0.5, 0.6) is 5.75 Å². The molecule has 1 aliphatic heterocycles. The highest BCUT2D eigenvalue weighted by Crippen LogP contribution is 2.25. The monoisotopic (exact) mass is 285 g/mol. The second-order valence-electron chi connectivity index (χ2n) is 4.36. The van der Waals surface area contributed by atoms with Gasteiger partial charge in [-0.25, -0.2) is 8.42 Å². The summed E-state index contributed by atoms with van der Waals surface area (Å²) < 4.78 is 29.7. The van der Waals surface area contributed by atoms with E-state index in [0.717, 1.165) is 4.31 Å². The largest absolute Gasteiger partial charge is 0.508 e. The van der Waals surface area contributed by atoms with Gasteiger partial charge in [0.2, 0.25) is 10.0 Å². The Morgan fingerprint density at radius 3 is 2.63 bits per heavy atom. The number of ether oxygens (including phenoxy) is 1. The van der Waals surface area contributed by atoms with E-state index >= 15 is 0 Å². The molecule has 1 unspecified atom stereocenters. The van der Waals surface area contributed by atoms with Crippen LogP contribution < -0.4 is 0 Å². The maximum atomic E-state index is 11.9. The van der Waals surface area contributed by atoms with Crippen molar-refractivity contribution in [1.82, 2.24) is 4.31 Å². The summed E-state index contributed by atoms with van der Waals surface area (Å²) in [5.74, 6) is -0.484. The van der Waals surface area contributed by atoms with E-state index in [-0.39, 0.29) is 24.5 Å². The normalized spacial score (nSPS) is 22.3. The molecule has 7 heteroatoms. The Labute approximate surface area is 111 Å². The first-order valence-corrected chi connectivity index (χ1v) is 7.40. The lowest BCUT2D eigenvalue weighted by Gasteiger charge is -2.20. The van der Waals surface area contributed by atoms with Gasteiger partial charge in [-0.3, -0.25) is 4.79 Å². The van der Waals surface area contributed by atoms with Crippen molar-refractivity contribution in [3.63, 3.8) is 0 Å². The molecule has 1 aliphatic rings. The lowest BCUT2D eigenvalue weighted by Crippen LogP contribution is -2.38. The second-order valence-corrected chi connectivity index (χ2v) is 6.40. The van der Waals surface area contributed by atoms with E-state index in [1.165, 1.54) is 19.2 Å². The second kappa shape index (κ2) is 5.18. The van der Waals surface area contributed by atoms with Crippen LogP contribution in [0.4, 0.5) is 0 Å². The zero-order valence-corrected chi connectivity index (χ0v) is 11.3. The van der Waals surface area contributed by atoms with E-state index in [0.29, 0.717) is 5.56 Å². The molecular weight excluding hydrogens is 270 g/mol. The van der Waals surface area contributed by atoms with Crippen LogP contribution in [-0.4, -0.2) is 42.7 Å². The molecular formula is C12H15NO5S. The third-order valence-electron chi connectivity index (χ3n) is 3.10. The molecule has 1 aromatic carbocycles. The molecule has 1 fully saturated rings. The predicted octanol–water partition coefficient (Wildman–Crippen LogP) is 0.469. The van der Waals surface area contributed by atoms with E-state index in [1.54, 1.807) is 12.1 Å². The summed E-state index contributed by atoms with van der Waals surface area (Å²) in [5, 5.41) is 9.19. The molecule has 1 heterocycles. The number of benzene rings is 1. The summed E-state index contributed by atoms with van der Waals surface area (Å²) >= 11 is 0. The maximum Gasteiger partial charge on any atom is 0.324 e. The van der Waals surface area contributed by atoms with Crippen LogP contribution in [0.1, 0.15) is 12.0 Å². The van der Waals surface area contributed by atoms with Crippen molar-refractivity contribution in [3.05, 3.63) is 29.8 Å². The Kier molecular flexibility index (Phi) is 3.77. The van der Waals surface area contributed by atoms with Gasteiger partial charge in [0.15, 0.2) is 0 Å². The van der Waals surface area contributed by atoms with Crippen LogP contribution in [-0.2, 0) is 26.1 Å².